The molecule has 2 aromatic rings. The fraction of sp³-hybridized carbons (Fsp3) is 0.286. The van der Waals surface area contributed by atoms with E-state index in [4.69, 9.17) is 4.74 Å². The SMILES string of the molecule is CCOc1cc(C)ccc1NCc1csc(Br)c1. The molecule has 0 bridgehead atoms. The van der Waals surface area contributed by atoms with Crippen molar-refractivity contribution < 1.29 is 4.74 Å². The average Bonchev–Trinajstić information content (AvgIpc) is 2.75. The maximum absolute atomic E-state index is 5.64. The van der Waals surface area contributed by atoms with Gasteiger partial charge in [0.15, 0.2) is 0 Å². The first-order valence-electron chi connectivity index (χ1n) is 5.89. The third-order valence-corrected chi connectivity index (χ3v) is 4.09. The summed E-state index contributed by atoms with van der Waals surface area (Å²) in [6, 6.07) is 8.36. The summed E-state index contributed by atoms with van der Waals surface area (Å²) in [5, 5.41) is 5.56. The van der Waals surface area contributed by atoms with Crippen molar-refractivity contribution >= 4 is 33.0 Å². The van der Waals surface area contributed by atoms with E-state index < -0.39 is 0 Å². The first-order valence-corrected chi connectivity index (χ1v) is 7.56. The summed E-state index contributed by atoms with van der Waals surface area (Å²) < 4.78 is 6.80. The molecule has 0 amide bonds. The highest BCUT2D eigenvalue weighted by Crippen LogP contribution is 2.27. The second kappa shape index (κ2) is 6.25. The second-order valence-electron chi connectivity index (χ2n) is 4.05. The fourth-order valence-corrected chi connectivity index (χ4v) is 2.90. The van der Waals surface area contributed by atoms with E-state index in [9.17, 15) is 0 Å². The minimum atomic E-state index is 0.683. The van der Waals surface area contributed by atoms with Crippen LogP contribution in [0.4, 0.5) is 5.69 Å². The van der Waals surface area contributed by atoms with Gasteiger partial charge in [-0.2, -0.15) is 0 Å². The van der Waals surface area contributed by atoms with Crippen molar-refractivity contribution in [1.82, 2.24) is 0 Å². The summed E-state index contributed by atoms with van der Waals surface area (Å²) in [4.78, 5) is 0. The number of hydrogen-bond donors (Lipinski definition) is 1. The van der Waals surface area contributed by atoms with Crippen molar-refractivity contribution in [2.45, 2.75) is 20.4 Å². The quantitative estimate of drug-likeness (QED) is 0.850. The van der Waals surface area contributed by atoms with E-state index in [1.165, 1.54) is 11.1 Å². The molecule has 1 heterocycles. The molecule has 0 radical (unpaired) electrons. The van der Waals surface area contributed by atoms with Gasteiger partial charge in [0.2, 0.25) is 0 Å². The highest BCUT2D eigenvalue weighted by atomic mass is 79.9. The number of anilines is 1. The summed E-state index contributed by atoms with van der Waals surface area (Å²) in [7, 11) is 0. The van der Waals surface area contributed by atoms with Crippen LogP contribution in [-0.2, 0) is 6.54 Å². The minimum absolute atomic E-state index is 0.683. The van der Waals surface area contributed by atoms with E-state index >= 15 is 0 Å². The number of halogens is 1. The van der Waals surface area contributed by atoms with Gasteiger partial charge in [-0.25, -0.2) is 0 Å². The van der Waals surface area contributed by atoms with Crippen molar-refractivity contribution in [3.05, 3.63) is 44.6 Å². The molecule has 0 unspecified atom stereocenters. The Kier molecular flexibility index (Phi) is 4.66. The molecule has 0 aliphatic rings. The monoisotopic (exact) mass is 325 g/mol. The fourth-order valence-electron chi connectivity index (χ4n) is 1.69. The van der Waals surface area contributed by atoms with Gasteiger partial charge in [-0.15, -0.1) is 11.3 Å². The zero-order valence-electron chi connectivity index (χ0n) is 10.5. The number of benzene rings is 1. The van der Waals surface area contributed by atoms with Crippen molar-refractivity contribution in [3.8, 4) is 5.75 Å². The van der Waals surface area contributed by atoms with Crippen LogP contribution in [0.2, 0.25) is 0 Å². The molecular formula is C14H16BrNOS. The lowest BCUT2D eigenvalue weighted by Gasteiger charge is -2.12. The maximum atomic E-state index is 5.64. The molecule has 0 aliphatic carbocycles. The van der Waals surface area contributed by atoms with Crippen LogP contribution in [0.5, 0.6) is 5.75 Å². The molecule has 4 heteroatoms. The molecule has 18 heavy (non-hydrogen) atoms. The average molecular weight is 326 g/mol. The van der Waals surface area contributed by atoms with Crippen LogP contribution in [0.1, 0.15) is 18.1 Å². The summed E-state index contributed by atoms with van der Waals surface area (Å²) in [6.45, 7) is 5.57. The number of ether oxygens (including phenoxy) is 1. The lowest BCUT2D eigenvalue weighted by Crippen LogP contribution is -2.02. The Labute approximate surface area is 120 Å². The lowest BCUT2D eigenvalue weighted by atomic mass is 10.2. The predicted octanol–water partition coefficient (Wildman–Crippen LogP) is 4.83. The molecule has 2 rings (SSSR count). The lowest BCUT2D eigenvalue weighted by molar-refractivity contribution is 0.341. The van der Waals surface area contributed by atoms with Gasteiger partial charge in [-0.1, -0.05) is 6.07 Å². The Bertz CT molecular complexity index is 524. The van der Waals surface area contributed by atoms with Crippen molar-refractivity contribution in [1.29, 1.82) is 0 Å². The van der Waals surface area contributed by atoms with E-state index in [2.05, 4.69) is 57.8 Å². The predicted molar refractivity (Wildman–Crippen MR) is 81.7 cm³/mol. The van der Waals surface area contributed by atoms with Crippen molar-refractivity contribution in [2.75, 3.05) is 11.9 Å². The number of aryl methyl sites for hydroxylation is 1. The molecule has 1 aromatic carbocycles. The van der Waals surface area contributed by atoms with E-state index in [1.807, 2.05) is 6.92 Å². The largest absolute Gasteiger partial charge is 0.492 e. The van der Waals surface area contributed by atoms with Crippen molar-refractivity contribution in [2.24, 2.45) is 0 Å². The van der Waals surface area contributed by atoms with Crippen LogP contribution in [-0.4, -0.2) is 6.61 Å². The van der Waals surface area contributed by atoms with Crippen LogP contribution in [0.3, 0.4) is 0 Å². The standard InChI is InChI=1S/C14H16BrNOS/c1-3-17-13-6-10(2)4-5-12(13)16-8-11-7-14(15)18-9-11/h4-7,9,16H,3,8H2,1-2H3. The second-order valence-corrected chi connectivity index (χ2v) is 6.34. The topological polar surface area (TPSA) is 21.3 Å². The van der Waals surface area contributed by atoms with Crippen LogP contribution in [0.25, 0.3) is 0 Å². The molecule has 2 nitrogen and oxygen atoms in total. The highest BCUT2D eigenvalue weighted by molar-refractivity contribution is 9.11. The van der Waals surface area contributed by atoms with Gasteiger partial charge in [-0.05, 0) is 64.5 Å². The van der Waals surface area contributed by atoms with Crippen molar-refractivity contribution in [3.63, 3.8) is 0 Å². The Morgan fingerprint density at radius 2 is 2.17 bits per heavy atom. The molecule has 1 N–H and O–H groups in total. The number of nitrogens with one attached hydrogen (secondary N) is 1. The molecule has 0 fully saturated rings. The van der Waals surface area contributed by atoms with Gasteiger partial charge in [0.05, 0.1) is 16.1 Å². The number of hydrogen-bond acceptors (Lipinski definition) is 3. The Morgan fingerprint density at radius 3 is 2.83 bits per heavy atom. The first-order chi connectivity index (χ1) is 8.69. The van der Waals surface area contributed by atoms with Gasteiger partial charge in [0.25, 0.3) is 0 Å². The number of thiophene rings is 1. The summed E-state index contributed by atoms with van der Waals surface area (Å²) >= 11 is 5.18. The first kappa shape index (κ1) is 13.4. The van der Waals surface area contributed by atoms with Gasteiger partial charge in [-0.3, -0.25) is 0 Å². The summed E-state index contributed by atoms with van der Waals surface area (Å²) in [5.41, 5.74) is 3.53. The van der Waals surface area contributed by atoms with E-state index in [0.29, 0.717) is 6.61 Å². The smallest absolute Gasteiger partial charge is 0.142 e. The normalized spacial score (nSPS) is 10.4. The van der Waals surface area contributed by atoms with E-state index in [0.717, 1.165) is 21.8 Å². The maximum Gasteiger partial charge on any atom is 0.142 e. The molecule has 0 spiro atoms. The van der Waals surface area contributed by atoms with Gasteiger partial charge >= 0.3 is 0 Å². The van der Waals surface area contributed by atoms with Crippen LogP contribution in [0, 0.1) is 6.92 Å². The Balaban J connectivity index is 2.08. The molecule has 96 valence electrons. The third-order valence-electron chi connectivity index (χ3n) is 2.54. The summed E-state index contributed by atoms with van der Waals surface area (Å²) in [5.74, 6) is 0.923. The van der Waals surface area contributed by atoms with Crippen LogP contribution < -0.4 is 10.1 Å². The number of rotatable bonds is 5. The zero-order valence-corrected chi connectivity index (χ0v) is 12.9. The zero-order chi connectivity index (χ0) is 13.0. The Morgan fingerprint density at radius 1 is 1.33 bits per heavy atom. The Hall–Kier alpha value is -1.00. The van der Waals surface area contributed by atoms with Crippen LogP contribution >= 0.6 is 27.3 Å². The molecule has 0 aliphatic heterocycles. The summed E-state index contributed by atoms with van der Waals surface area (Å²) in [6.07, 6.45) is 0. The van der Waals surface area contributed by atoms with Gasteiger partial charge in [0.1, 0.15) is 5.75 Å². The molecule has 0 atom stereocenters. The molecule has 0 saturated carbocycles. The van der Waals surface area contributed by atoms with E-state index in [1.54, 1.807) is 11.3 Å². The van der Waals surface area contributed by atoms with Crippen LogP contribution in [0.15, 0.2) is 33.4 Å². The van der Waals surface area contributed by atoms with Gasteiger partial charge < -0.3 is 10.1 Å². The third kappa shape index (κ3) is 3.50. The van der Waals surface area contributed by atoms with Gasteiger partial charge in [0, 0.05) is 6.54 Å². The van der Waals surface area contributed by atoms with E-state index in [-0.39, 0.29) is 0 Å². The molecule has 1 aromatic heterocycles. The minimum Gasteiger partial charge on any atom is -0.492 e. The molecule has 0 saturated heterocycles. The highest BCUT2D eigenvalue weighted by Gasteiger charge is 2.04. The molecular weight excluding hydrogens is 310 g/mol.